The molecule has 0 amide bonds. The van der Waals surface area contributed by atoms with Gasteiger partial charge in [-0.25, -0.2) is 13.8 Å². The van der Waals surface area contributed by atoms with Gasteiger partial charge >= 0.3 is 7.60 Å². The number of benzene rings is 1. The number of nitrogens with zero attached hydrogens (tertiary/aromatic N) is 2. The van der Waals surface area contributed by atoms with Gasteiger partial charge in [-0.2, -0.15) is 4.98 Å². The fourth-order valence-corrected chi connectivity index (χ4v) is 3.00. The van der Waals surface area contributed by atoms with Crippen LogP contribution in [0, 0.1) is 11.6 Å². The number of rotatable bonds is 5. The van der Waals surface area contributed by atoms with Gasteiger partial charge in [0.15, 0.2) is 23.0 Å². The zero-order chi connectivity index (χ0) is 18.9. The van der Waals surface area contributed by atoms with Crippen molar-refractivity contribution in [1.29, 1.82) is 0 Å². The second-order valence-corrected chi connectivity index (χ2v) is 6.99. The molecule has 10 heteroatoms. The second kappa shape index (κ2) is 6.95. The van der Waals surface area contributed by atoms with Gasteiger partial charge in [0, 0.05) is 12.3 Å². The lowest BCUT2D eigenvalue weighted by atomic mass is 10.2. The van der Waals surface area contributed by atoms with Crippen LogP contribution in [0.1, 0.15) is 5.56 Å². The molecule has 0 spiro atoms. The van der Waals surface area contributed by atoms with Gasteiger partial charge in [-0.1, -0.05) is 0 Å². The Morgan fingerprint density at radius 3 is 2.46 bits per heavy atom. The third-order valence-electron chi connectivity index (χ3n) is 3.41. The zero-order valence-electron chi connectivity index (χ0n) is 13.4. The molecule has 0 saturated carbocycles. The summed E-state index contributed by atoms with van der Waals surface area (Å²) in [5, 5.41) is 0.409. The van der Waals surface area contributed by atoms with Gasteiger partial charge in [0.2, 0.25) is 5.88 Å². The molecular formula is C16H13F2N2O5P. The first-order chi connectivity index (χ1) is 12.3. The molecule has 7 nitrogen and oxygen atoms in total. The molecule has 0 saturated heterocycles. The van der Waals surface area contributed by atoms with Crippen LogP contribution in [0.4, 0.5) is 8.78 Å². The first kappa shape index (κ1) is 18.2. The highest BCUT2D eigenvalue weighted by Gasteiger charge is 2.20. The van der Waals surface area contributed by atoms with Crippen LogP contribution in [-0.4, -0.2) is 26.9 Å². The van der Waals surface area contributed by atoms with Crippen LogP contribution in [0.25, 0.3) is 11.0 Å². The van der Waals surface area contributed by atoms with E-state index in [4.69, 9.17) is 19.3 Å². The quantitative estimate of drug-likeness (QED) is 0.652. The molecule has 0 atom stereocenters. The molecule has 0 fully saturated rings. The standard InChI is InChI=1S/C16H13F2N2O5P/c1-24-14-3-2-10-13(4-5-19-16(10)20-14)25-15-11(17)6-9(7-12(15)18)8-26(21,22)23/h2-7H,8H2,1H3,(H2,21,22,23). The maximum Gasteiger partial charge on any atom is 0.329 e. The number of fused-ring (bicyclic) bond motifs is 1. The molecule has 3 aromatic rings. The number of ether oxygens (including phenoxy) is 2. The Kier molecular flexibility index (Phi) is 4.86. The Labute approximate surface area is 146 Å². The molecule has 0 aliphatic carbocycles. The molecule has 1 aromatic carbocycles. The van der Waals surface area contributed by atoms with E-state index in [9.17, 15) is 13.3 Å². The number of hydrogen-bond acceptors (Lipinski definition) is 5. The summed E-state index contributed by atoms with van der Waals surface area (Å²) in [6.07, 6.45) is 0.588. The van der Waals surface area contributed by atoms with Gasteiger partial charge in [0.25, 0.3) is 0 Å². The van der Waals surface area contributed by atoms with Crippen molar-refractivity contribution in [2.75, 3.05) is 7.11 Å². The summed E-state index contributed by atoms with van der Waals surface area (Å²) in [5.74, 6) is -2.42. The molecule has 26 heavy (non-hydrogen) atoms. The summed E-state index contributed by atoms with van der Waals surface area (Å²) >= 11 is 0. The third-order valence-corrected chi connectivity index (χ3v) is 4.18. The summed E-state index contributed by atoms with van der Waals surface area (Å²) in [4.78, 5) is 26.0. The van der Waals surface area contributed by atoms with Crippen LogP contribution in [0.2, 0.25) is 0 Å². The minimum Gasteiger partial charge on any atom is -0.481 e. The van der Waals surface area contributed by atoms with E-state index in [0.29, 0.717) is 11.3 Å². The minimum atomic E-state index is -4.45. The average molecular weight is 382 g/mol. The van der Waals surface area contributed by atoms with E-state index in [0.717, 1.165) is 12.1 Å². The van der Waals surface area contributed by atoms with Crippen LogP contribution in [0.15, 0.2) is 36.5 Å². The van der Waals surface area contributed by atoms with Crippen molar-refractivity contribution in [3.05, 3.63) is 53.7 Å². The first-order valence-electron chi connectivity index (χ1n) is 7.27. The van der Waals surface area contributed by atoms with Crippen molar-refractivity contribution in [1.82, 2.24) is 9.97 Å². The maximum absolute atomic E-state index is 14.2. The fraction of sp³-hybridized carbons (Fsp3) is 0.125. The van der Waals surface area contributed by atoms with Gasteiger partial charge in [0.1, 0.15) is 5.75 Å². The number of halogens is 2. The van der Waals surface area contributed by atoms with Gasteiger partial charge in [-0.15, -0.1) is 0 Å². The number of methoxy groups -OCH3 is 1. The number of aromatic nitrogens is 2. The topological polar surface area (TPSA) is 102 Å². The van der Waals surface area contributed by atoms with E-state index >= 15 is 0 Å². The molecule has 2 aromatic heterocycles. The molecule has 0 aliphatic rings. The maximum atomic E-state index is 14.2. The highest BCUT2D eigenvalue weighted by molar-refractivity contribution is 7.50. The average Bonchev–Trinajstić information content (AvgIpc) is 2.56. The van der Waals surface area contributed by atoms with Crippen LogP contribution >= 0.6 is 7.60 Å². The Morgan fingerprint density at radius 2 is 1.85 bits per heavy atom. The van der Waals surface area contributed by atoms with Crippen LogP contribution in [0.5, 0.6) is 17.4 Å². The Hall–Kier alpha value is -2.61. The van der Waals surface area contributed by atoms with Crippen molar-refractivity contribution >= 4 is 18.6 Å². The monoisotopic (exact) mass is 382 g/mol. The summed E-state index contributed by atoms with van der Waals surface area (Å²) in [5.41, 5.74) is 0.0902. The third kappa shape index (κ3) is 3.96. The van der Waals surface area contributed by atoms with Gasteiger partial charge in [-0.3, -0.25) is 4.57 Å². The molecule has 0 radical (unpaired) electrons. The first-order valence-corrected chi connectivity index (χ1v) is 9.06. The lowest BCUT2D eigenvalue weighted by Crippen LogP contribution is -1.98. The van der Waals surface area contributed by atoms with Crippen molar-refractivity contribution in [3.8, 4) is 17.4 Å². The van der Waals surface area contributed by atoms with Crippen LogP contribution < -0.4 is 9.47 Å². The van der Waals surface area contributed by atoms with Crippen LogP contribution in [-0.2, 0) is 10.7 Å². The molecule has 2 N–H and O–H groups in total. The molecule has 136 valence electrons. The molecule has 0 aliphatic heterocycles. The normalized spacial score (nSPS) is 11.6. The summed E-state index contributed by atoms with van der Waals surface area (Å²) in [6, 6.07) is 6.19. The smallest absolute Gasteiger partial charge is 0.329 e. The zero-order valence-corrected chi connectivity index (χ0v) is 14.3. The van der Waals surface area contributed by atoms with Crippen molar-refractivity contribution in [2.45, 2.75) is 6.16 Å². The summed E-state index contributed by atoms with van der Waals surface area (Å²) in [7, 11) is -3.01. The van der Waals surface area contributed by atoms with E-state index in [1.165, 1.54) is 19.4 Å². The summed E-state index contributed by atoms with van der Waals surface area (Å²) < 4.78 is 49.8. The van der Waals surface area contributed by atoms with Crippen molar-refractivity contribution in [3.63, 3.8) is 0 Å². The molecule has 2 heterocycles. The van der Waals surface area contributed by atoms with E-state index in [-0.39, 0.29) is 17.0 Å². The van der Waals surface area contributed by atoms with E-state index < -0.39 is 31.1 Å². The second-order valence-electron chi connectivity index (χ2n) is 5.35. The minimum absolute atomic E-state index is 0.116. The number of pyridine rings is 2. The lowest BCUT2D eigenvalue weighted by Gasteiger charge is -2.12. The molecular weight excluding hydrogens is 369 g/mol. The Bertz CT molecular complexity index is 1000. The predicted octanol–water partition coefficient (Wildman–Crippen LogP) is 3.39. The van der Waals surface area contributed by atoms with E-state index in [1.807, 2.05) is 0 Å². The lowest BCUT2D eigenvalue weighted by molar-refractivity contribution is 0.371. The van der Waals surface area contributed by atoms with Gasteiger partial charge in [-0.05, 0) is 29.8 Å². The molecule has 3 rings (SSSR count). The fourth-order valence-electron chi connectivity index (χ4n) is 2.34. The van der Waals surface area contributed by atoms with Crippen molar-refractivity contribution in [2.24, 2.45) is 0 Å². The van der Waals surface area contributed by atoms with Gasteiger partial charge < -0.3 is 19.3 Å². The van der Waals surface area contributed by atoms with Gasteiger partial charge in [0.05, 0.1) is 18.7 Å². The SMILES string of the molecule is COc1ccc2c(Oc3c(F)cc(CP(=O)(O)O)cc3F)ccnc2n1. The van der Waals surface area contributed by atoms with E-state index in [1.54, 1.807) is 12.1 Å². The predicted molar refractivity (Wildman–Crippen MR) is 88.3 cm³/mol. The van der Waals surface area contributed by atoms with Crippen molar-refractivity contribution < 1.29 is 32.6 Å². The van der Waals surface area contributed by atoms with E-state index in [2.05, 4.69) is 9.97 Å². The molecule has 0 bridgehead atoms. The highest BCUT2D eigenvalue weighted by atomic mass is 31.2. The largest absolute Gasteiger partial charge is 0.481 e. The van der Waals surface area contributed by atoms with Crippen LogP contribution in [0.3, 0.4) is 0 Å². The highest BCUT2D eigenvalue weighted by Crippen LogP contribution is 2.41. The Balaban J connectivity index is 1.99. The Morgan fingerprint density at radius 1 is 1.15 bits per heavy atom. The molecule has 0 unspecified atom stereocenters. The number of hydrogen-bond donors (Lipinski definition) is 2. The summed E-state index contributed by atoms with van der Waals surface area (Å²) in [6.45, 7) is 0.